The Morgan fingerprint density at radius 1 is 1.26 bits per heavy atom. The molecule has 0 fully saturated rings. The molecular weight excluding hydrogens is 306 g/mol. The molecule has 1 aromatic rings. The molecule has 104 valence electrons. The summed E-state index contributed by atoms with van der Waals surface area (Å²) in [6.45, 7) is 1.77. The van der Waals surface area contributed by atoms with Crippen molar-refractivity contribution in [1.29, 1.82) is 0 Å². The highest BCUT2D eigenvalue weighted by Gasteiger charge is 2.10. The van der Waals surface area contributed by atoms with E-state index < -0.39 is 0 Å². The van der Waals surface area contributed by atoms with E-state index in [9.17, 15) is 0 Å². The first-order valence-electron chi connectivity index (χ1n) is 6.27. The van der Waals surface area contributed by atoms with Crippen LogP contribution in [-0.2, 0) is 6.54 Å². The summed E-state index contributed by atoms with van der Waals surface area (Å²) in [5, 5.41) is 3.39. The molecule has 0 heterocycles. The molecule has 1 aromatic carbocycles. The van der Waals surface area contributed by atoms with Crippen LogP contribution in [0.15, 0.2) is 16.6 Å². The molecule has 0 spiro atoms. The number of methoxy groups -OCH3 is 2. The minimum absolute atomic E-state index is 0.722. The minimum atomic E-state index is 0.722. The van der Waals surface area contributed by atoms with Crippen molar-refractivity contribution in [2.75, 3.05) is 20.8 Å². The zero-order valence-electron chi connectivity index (χ0n) is 11.5. The molecule has 4 heteroatoms. The highest BCUT2D eigenvalue weighted by atomic mass is 79.9. The Morgan fingerprint density at radius 2 is 2.05 bits per heavy atom. The number of nitrogens with one attached hydrogen (secondary N) is 1. The van der Waals surface area contributed by atoms with Gasteiger partial charge in [0, 0.05) is 13.0 Å². The van der Waals surface area contributed by atoms with Gasteiger partial charge in [-0.05, 0) is 53.0 Å². The van der Waals surface area contributed by atoms with Crippen molar-refractivity contribution in [1.82, 2.24) is 5.32 Å². The van der Waals surface area contributed by atoms with Crippen LogP contribution in [0.25, 0.3) is 0 Å². The number of halogens is 1. The summed E-state index contributed by atoms with van der Waals surface area (Å²) in [6, 6.07) is 4.02. The molecule has 0 aromatic heterocycles. The van der Waals surface area contributed by atoms with Crippen LogP contribution in [0.3, 0.4) is 0 Å². The van der Waals surface area contributed by atoms with E-state index in [4.69, 9.17) is 15.9 Å². The van der Waals surface area contributed by atoms with Crippen LogP contribution >= 0.6 is 15.9 Å². The highest BCUT2D eigenvalue weighted by Crippen LogP contribution is 2.36. The molecular formula is C15H20BrNO2. The summed E-state index contributed by atoms with van der Waals surface area (Å²) in [7, 11) is 3.27. The molecule has 0 bridgehead atoms. The van der Waals surface area contributed by atoms with Gasteiger partial charge in [-0.15, -0.1) is 12.3 Å². The van der Waals surface area contributed by atoms with Crippen LogP contribution in [0.5, 0.6) is 11.5 Å². The predicted molar refractivity (Wildman–Crippen MR) is 81.6 cm³/mol. The van der Waals surface area contributed by atoms with Gasteiger partial charge in [0.2, 0.25) is 0 Å². The van der Waals surface area contributed by atoms with Gasteiger partial charge >= 0.3 is 0 Å². The maximum absolute atomic E-state index is 5.31. The summed E-state index contributed by atoms with van der Waals surface area (Å²) in [5.74, 6) is 4.11. The summed E-state index contributed by atoms with van der Waals surface area (Å²) < 4.78 is 11.5. The van der Waals surface area contributed by atoms with Gasteiger partial charge in [-0.1, -0.05) is 0 Å². The Morgan fingerprint density at radius 3 is 2.68 bits per heavy atom. The topological polar surface area (TPSA) is 30.5 Å². The van der Waals surface area contributed by atoms with Crippen LogP contribution in [-0.4, -0.2) is 20.8 Å². The average molecular weight is 326 g/mol. The lowest BCUT2D eigenvalue weighted by molar-refractivity contribution is 0.352. The van der Waals surface area contributed by atoms with E-state index in [1.165, 1.54) is 0 Å². The van der Waals surface area contributed by atoms with Gasteiger partial charge in [-0.2, -0.15) is 0 Å². The van der Waals surface area contributed by atoms with Crippen molar-refractivity contribution in [3.63, 3.8) is 0 Å². The molecule has 0 aliphatic heterocycles. The molecule has 0 radical (unpaired) electrons. The van der Waals surface area contributed by atoms with Crippen LogP contribution in [0.4, 0.5) is 0 Å². The van der Waals surface area contributed by atoms with E-state index >= 15 is 0 Å². The first-order chi connectivity index (χ1) is 9.22. The fourth-order valence-electron chi connectivity index (χ4n) is 1.78. The third-order valence-corrected chi connectivity index (χ3v) is 3.34. The van der Waals surface area contributed by atoms with Gasteiger partial charge in [-0.3, -0.25) is 0 Å². The number of unbranched alkanes of at least 4 members (excludes halogenated alkanes) is 2. The van der Waals surface area contributed by atoms with Gasteiger partial charge < -0.3 is 14.8 Å². The lowest BCUT2D eigenvalue weighted by Crippen LogP contribution is -2.14. The lowest BCUT2D eigenvalue weighted by Gasteiger charge is -2.12. The van der Waals surface area contributed by atoms with E-state index in [2.05, 4.69) is 27.2 Å². The van der Waals surface area contributed by atoms with E-state index in [-0.39, 0.29) is 0 Å². The Kier molecular flexibility index (Phi) is 7.39. The smallest absolute Gasteiger partial charge is 0.174 e. The Balaban J connectivity index is 2.51. The van der Waals surface area contributed by atoms with Crippen molar-refractivity contribution in [3.05, 3.63) is 22.2 Å². The first kappa shape index (κ1) is 15.9. The van der Waals surface area contributed by atoms with E-state index in [0.717, 1.165) is 53.9 Å². The van der Waals surface area contributed by atoms with Crippen LogP contribution < -0.4 is 14.8 Å². The van der Waals surface area contributed by atoms with Crippen molar-refractivity contribution in [2.45, 2.75) is 25.8 Å². The molecule has 0 unspecified atom stereocenters. The Hall–Kier alpha value is -1.18. The third kappa shape index (κ3) is 5.14. The Labute approximate surface area is 123 Å². The maximum atomic E-state index is 5.31. The number of hydrogen-bond acceptors (Lipinski definition) is 3. The van der Waals surface area contributed by atoms with Crippen molar-refractivity contribution in [2.24, 2.45) is 0 Å². The number of benzene rings is 1. The third-order valence-electron chi connectivity index (χ3n) is 2.75. The van der Waals surface area contributed by atoms with Crippen molar-refractivity contribution in [3.8, 4) is 23.8 Å². The van der Waals surface area contributed by atoms with E-state index in [1.807, 2.05) is 12.1 Å². The van der Waals surface area contributed by atoms with Gasteiger partial charge in [-0.25, -0.2) is 0 Å². The zero-order chi connectivity index (χ0) is 14.1. The minimum Gasteiger partial charge on any atom is -0.493 e. The monoisotopic (exact) mass is 325 g/mol. The molecule has 0 saturated carbocycles. The summed E-state index contributed by atoms with van der Waals surface area (Å²) in [4.78, 5) is 0. The van der Waals surface area contributed by atoms with Crippen LogP contribution in [0, 0.1) is 12.3 Å². The van der Waals surface area contributed by atoms with Gasteiger partial charge in [0.15, 0.2) is 11.5 Å². The normalized spacial score (nSPS) is 10.0. The second-order valence-corrected chi connectivity index (χ2v) is 5.01. The second-order valence-electron chi connectivity index (χ2n) is 4.15. The number of ether oxygens (including phenoxy) is 2. The molecule has 0 saturated heterocycles. The van der Waals surface area contributed by atoms with Gasteiger partial charge in [0.05, 0.1) is 18.7 Å². The number of terminal acetylenes is 1. The molecule has 0 atom stereocenters. The van der Waals surface area contributed by atoms with Crippen LogP contribution in [0.2, 0.25) is 0 Å². The van der Waals surface area contributed by atoms with Gasteiger partial charge in [0.1, 0.15) is 0 Å². The van der Waals surface area contributed by atoms with Crippen molar-refractivity contribution >= 4 is 15.9 Å². The molecule has 3 nitrogen and oxygen atoms in total. The molecule has 0 aliphatic rings. The number of hydrogen-bond donors (Lipinski definition) is 1. The highest BCUT2D eigenvalue weighted by molar-refractivity contribution is 9.10. The predicted octanol–water partition coefficient (Wildman–Crippen LogP) is 3.36. The second kappa shape index (κ2) is 8.84. The summed E-state index contributed by atoms with van der Waals surface area (Å²) in [5.41, 5.74) is 1.15. The SMILES string of the molecule is C#CCCCCNCc1cc(Br)c(OC)c(OC)c1. The quantitative estimate of drug-likeness (QED) is 0.587. The summed E-state index contributed by atoms with van der Waals surface area (Å²) in [6.07, 6.45) is 8.22. The molecule has 0 amide bonds. The standard InChI is InChI=1S/C15H20BrNO2/c1-4-5-6-7-8-17-11-12-9-13(16)15(19-3)14(10-12)18-2/h1,9-10,17H,5-8,11H2,2-3H3. The Bertz CT molecular complexity index is 441. The fraction of sp³-hybridized carbons (Fsp3) is 0.467. The van der Waals surface area contributed by atoms with E-state index in [1.54, 1.807) is 14.2 Å². The molecule has 1 N–H and O–H groups in total. The average Bonchev–Trinajstić information content (AvgIpc) is 2.42. The maximum Gasteiger partial charge on any atom is 0.174 e. The van der Waals surface area contributed by atoms with Gasteiger partial charge in [0.25, 0.3) is 0 Å². The molecule has 19 heavy (non-hydrogen) atoms. The van der Waals surface area contributed by atoms with E-state index in [0.29, 0.717) is 0 Å². The summed E-state index contributed by atoms with van der Waals surface area (Å²) >= 11 is 3.49. The first-order valence-corrected chi connectivity index (χ1v) is 7.06. The zero-order valence-corrected chi connectivity index (χ0v) is 13.0. The molecule has 1 rings (SSSR count). The largest absolute Gasteiger partial charge is 0.493 e. The van der Waals surface area contributed by atoms with Crippen molar-refractivity contribution < 1.29 is 9.47 Å². The fourth-order valence-corrected chi connectivity index (χ4v) is 2.43. The molecule has 0 aliphatic carbocycles. The lowest BCUT2D eigenvalue weighted by atomic mass is 10.2. The van der Waals surface area contributed by atoms with Crippen LogP contribution in [0.1, 0.15) is 24.8 Å². The number of rotatable bonds is 8.